The largest absolute Gasteiger partial charge is 0.469 e. The Morgan fingerprint density at radius 2 is 1.86 bits per heavy atom. The number of halogens is 1. The molecule has 8 nitrogen and oxygen atoms in total. The molecule has 0 aliphatic heterocycles. The summed E-state index contributed by atoms with van der Waals surface area (Å²) in [4.78, 5) is 34.7. The number of rotatable bonds is 5. The SMILES string of the molecule is Cc1occc1C(=O)Nc1cc(NC(=O)c2cccc([N+](=O)[O-])c2)ccc1F. The third kappa shape index (κ3) is 4.04. The van der Waals surface area contributed by atoms with Crippen LogP contribution in [-0.4, -0.2) is 16.7 Å². The Kier molecular flexibility index (Phi) is 5.16. The van der Waals surface area contributed by atoms with Gasteiger partial charge in [-0.2, -0.15) is 0 Å². The van der Waals surface area contributed by atoms with Crippen molar-refractivity contribution in [2.75, 3.05) is 10.6 Å². The van der Waals surface area contributed by atoms with Crippen molar-refractivity contribution in [2.24, 2.45) is 0 Å². The van der Waals surface area contributed by atoms with Gasteiger partial charge in [0, 0.05) is 23.4 Å². The topological polar surface area (TPSA) is 114 Å². The molecular weight excluding hydrogens is 369 g/mol. The number of hydrogen-bond acceptors (Lipinski definition) is 5. The predicted octanol–water partition coefficient (Wildman–Crippen LogP) is 4.14. The van der Waals surface area contributed by atoms with Crippen molar-refractivity contribution in [2.45, 2.75) is 6.92 Å². The number of nitrogens with zero attached hydrogens (tertiary/aromatic N) is 1. The van der Waals surface area contributed by atoms with E-state index in [1.807, 2.05) is 0 Å². The number of aryl methyl sites for hydroxylation is 1. The number of anilines is 2. The van der Waals surface area contributed by atoms with Crippen molar-refractivity contribution in [1.29, 1.82) is 0 Å². The molecule has 1 aromatic heterocycles. The Bertz CT molecular complexity index is 1080. The number of hydrogen-bond donors (Lipinski definition) is 2. The second kappa shape index (κ2) is 7.70. The van der Waals surface area contributed by atoms with Crippen LogP contribution in [0.5, 0.6) is 0 Å². The number of benzene rings is 2. The lowest BCUT2D eigenvalue weighted by Crippen LogP contribution is -2.15. The molecule has 0 aliphatic carbocycles. The van der Waals surface area contributed by atoms with Crippen LogP contribution in [0.15, 0.2) is 59.2 Å². The minimum absolute atomic E-state index is 0.0677. The van der Waals surface area contributed by atoms with Gasteiger partial charge < -0.3 is 15.1 Å². The molecule has 0 saturated heterocycles. The Morgan fingerprint density at radius 3 is 2.54 bits per heavy atom. The van der Waals surface area contributed by atoms with E-state index in [4.69, 9.17) is 4.42 Å². The number of nitro groups is 1. The molecule has 1 heterocycles. The maximum absolute atomic E-state index is 14.0. The first-order chi connectivity index (χ1) is 13.3. The van der Waals surface area contributed by atoms with Gasteiger partial charge in [0.1, 0.15) is 11.6 Å². The van der Waals surface area contributed by atoms with Crippen molar-refractivity contribution < 1.29 is 23.3 Å². The van der Waals surface area contributed by atoms with Crippen LogP contribution < -0.4 is 10.6 Å². The Labute approximate surface area is 158 Å². The number of amides is 2. The molecule has 0 atom stereocenters. The Balaban J connectivity index is 1.78. The molecule has 2 aromatic carbocycles. The zero-order valence-electron chi connectivity index (χ0n) is 14.6. The zero-order valence-corrected chi connectivity index (χ0v) is 14.6. The standard InChI is InChI=1S/C19H14FN3O5/c1-11-15(7-8-28-11)19(25)22-17-10-13(5-6-16(17)20)21-18(24)12-3-2-4-14(9-12)23(26)27/h2-10H,1H3,(H,21,24)(H,22,25). The highest BCUT2D eigenvalue weighted by atomic mass is 19.1. The summed E-state index contributed by atoms with van der Waals surface area (Å²) in [5, 5.41) is 15.8. The highest BCUT2D eigenvalue weighted by Gasteiger charge is 2.16. The zero-order chi connectivity index (χ0) is 20.3. The number of carbonyl (C=O) groups excluding carboxylic acids is 2. The van der Waals surface area contributed by atoms with Gasteiger partial charge >= 0.3 is 0 Å². The van der Waals surface area contributed by atoms with E-state index in [-0.39, 0.29) is 28.2 Å². The summed E-state index contributed by atoms with van der Waals surface area (Å²) in [6, 6.07) is 10.3. The molecule has 0 unspecified atom stereocenters. The highest BCUT2D eigenvalue weighted by Crippen LogP contribution is 2.22. The van der Waals surface area contributed by atoms with Crippen LogP contribution in [0.1, 0.15) is 26.5 Å². The summed E-state index contributed by atoms with van der Waals surface area (Å²) in [5.74, 6) is -1.48. The third-order valence-corrected chi connectivity index (χ3v) is 3.90. The summed E-state index contributed by atoms with van der Waals surface area (Å²) < 4.78 is 19.1. The van der Waals surface area contributed by atoms with Gasteiger partial charge in [-0.3, -0.25) is 19.7 Å². The molecule has 28 heavy (non-hydrogen) atoms. The summed E-state index contributed by atoms with van der Waals surface area (Å²) in [7, 11) is 0. The summed E-state index contributed by atoms with van der Waals surface area (Å²) in [5.41, 5.74) is 0.165. The maximum Gasteiger partial charge on any atom is 0.270 e. The molecule has 3 aromatic rings. The molecule has 2 N–H and O–H groups in total. The van der Waals surface area contributed by atoms with E-state index in [2.05, 4.69) is 10.6 Å². The van der Waals surface area contributed by atoms with Crippen LogP contribution in [0.3, 0.4) is 0 Å². The van der Waals surface area contributed by atoms with E-state index in [9.17, 15) is 24.1 Å². The Hall–Kier alpha value is -4.01. The number of nitrogens with one attached hydrogen (secondary N) is 2. The number of nitro benzene ring substituents is 1. The first kappa shape index (κ1) is 18.8. The minimum atomic E-state index is -0.692. The van der Waals surface area contributed by atoms with E-state index in [0.717, 1.165) is 12.1 Å². The monoisotopic (exact) mass is 383 g/mol. The van der Waals surface area contributed by atoms with Crippen molar-refractivity contribution in [3.8, 4) is 0 Å². The van der Waals surface area contributed by atoms with Crippen molar-refractivity contribution in [1.82, 2.24) is 0 Å². The van der Waals surface area contributed by atoms with Gasteiger partial charge in [0.05, 0.1) is 22.4 Å². The number of non-ortho nitro benzene ring substituents is 1. The fraction of sp³-hybridized carbons (Fsp3) is 0.0526. The fourth-order valence-corrected chi connectivity index (χ4v) is 2.47. The second-order valence-electron chi connectivity index (χ2n) is 5.80. The van der Waals surface area contributed by atoms with Crippen LogP contribution in [0.2, 0.25) is 0 Å². The van der Waals surface area contributed by atoms with Gasteiger partial charge in [0.2, 0.25) is 0 Å². The highest BCUT2D eigenvalue weighted by molar-refractivity contribution is 6.07. The molecule has 2 amide bonds. The van der Waals surface area contributed by atoms with Crippen LogP contribution in [0, 0.1) is 22.9 Å². The number of carbonyl (C=O) groups is 2. The molecule has 3 rings (SSSR count). The lowest BCUT2D eigenvalue weighted by atomic mass is 10.1. The van der Waals surface area contributed by atoms with Crippen molar-refractivity contribution in [3.05, 3.63) is 87.6 Å². The van der Waals surface area contributed by atoms with E-state index in [1.54, 1.807) is 6.92 Å². The van der Waals surface area contributed by atoms with E-state index in [1.165, 1.54) is 42.7 Å². The number of furan rings is 1. The summed E-state index contributed by atoms with van der Waals surface area (Å²) in [6.07, 6.45) is 1.34. The van der Waals surface area contributed by atoms with Gasteiger partial charge in [0.25, 0.3) is 17.5 Å². The normalized spacial score (nSPS) is 10.4. The average Bonchev–Trinajstić information content (AvgIpc) is 3.10. The first-order valence-corrected chi connectivity index (χ1v) is 8.06. The first-order valence-electron chi connectivity index (χ1n) is 8.06. The van der Waals surface area contributed by atoms with Crippen molar-refractivity contribution >= 4 is 28.9 Å². The van der Waals surface area contributed by atoms with Crippen LogP contribution in [0.4, 0.5) is 21.5 Å². The van der Waals surface area contributed by atoms with Crippen LogP contribution in [0.25, 0.3) is 0 Å². The van der Waals surface area contributed by atoms with Crippen LogP contribution >= 0.6 is 0 Å². The fourth-order valence-electron chi connectivity index (χ4n) is 2.47. The molecule has 0 spiro atoms. The smallest absolute Gasteiger partial charge is 0.270 e. The van der Waals surface area contributed by atoms with Crippen LogP contribution in [-0.2, 0) is 0 Å². The van der Waals surface area contributed by atoms with Gasteiger partial charge in [-0.15, -0.1) is 0 Å². The predicted molar refractivity (Wildman–Crippen MR) is 98.8 cm³/mol. The molecule has 0 saturated carbocycles. The maximum atomic E-state index is 14.0. The lowest BCUT2D eigenvalue weighted by Gasteiger charge is -2.10. The summed E-state index contributed by atoms with van der Waals surface area (Å²) >= 11 is 0. The minimum Gasteiger partial charge on any atom is -0.469 e. The third-order valence-electron chi connectivity index (χ3n) is 3.90. The molecule has 0 radical (unpaired) electrons. The quantitative estimate of drug-likeness (QED) is 0.508. The van der Waals surface area contributed by atoms with Gasteiger partial charge in [0.15, 0.2) is 0 Å². The van der Waals surface area contributed by atoms with E-state index < -0.39 is 22.6 Å². The second-order valence-corrected chi connectivity index (χ2v) is 5.80. The van der Waals surface area contributed by atoms with Gasteiger partial charge in [-0.25, -0.2) is 4.39 Å². The molecule has 0 bridgehead atoms. The molecular formula is C19H14FN3O5. The lowest BCUT2D eigenvalue weighted by molar-refractivity contribution is -0.384. The van der Waals surface area contributed by atoms with E-state index in [0.29, 0.717) is 5.76 Å². The summed E-state index contributed by atoms with van der Waals surface area (Å²) in [6.45, 7) is 1.60. The molecule has 0 fully saturated rings. The Morgan fingerprint density at radius 1 is 1.07 bits per heavy atom. The van der Waals surface area contributed by atoms with Gasteiger partial charge in [-0.1, -0.05) is 6.07 Å². The molecule has 9 heteroatoms. The van der Waals surface area contributed by atoms with Crippen molar-refractivity contribution in [3.63, 3.8) is 0 Å². The molecule has 142 valence electrons. The average molecular weight is 383 g/mol. The van der Waals surface area contributed by atoms with Gasteiger partial charge in [-0.05, 0) is 37.3 Å². The molecule has 0 aliphatic rings. The van der Waals surface area contributed by atoms with E-state index >= 15 is 0 Å².